The minimum Gasteiger partial charge on any atom is -0.487 e. The number of nitrogens with zero attached hydrogens (tertiary/aromatic N) is 4. The standard InChI is InChI=1S/C16H15N5O5/c1-11-2-5-13(6-3-11)19-16(22)25-9-12-4-7-14(21(23)24)8-15(12)26-10-18-20-17/h2-8H,9-10H2,1H3,(H,19,22). The molecule has 0 saturated heterocycles. The van der Waals surface area contributed by atoms with Gasteiger partial charge in [-0.25, -0.2) is 4.79 Å². The first-order chi connectivity index (χ1) is 12.5. The Morgan fingerprint density at radius 2 is 2.04 bits per heavy atom. The fourth-order valence-corrected chi connectivity index (χ4v) is 1.97. The summed E-state index contributed by atoms with van der Waals surface area (Å²) in [6.07, 6.45) is -0.687. The maximum absolute atomic E-state index is 11.9. The van der Waals surface area contributed by atoms with Gasteiger partial charge < -0.3 is 9.47 Å². The molecule has 0 aromatic heterocycles. The maximum Gasteiger partial charge on any atom is 0.411 e. The summed E-state index contributed by atoms with van der Waals surface area (Å²) < 4.78 is 10.3. The molecule has 0 aliphatic rings. The van der Waals surface area contributed by atoms with Crippen LogP contribution in [0.4, 0.5) is 16.2 Å². The highest BCUT2D eigenvalue weighted by Gasteiger charge is 2.13. The lowest BCUT2D eigenvalue weighted by Gasteiger charge is -2.11. The second kappa shape index (κ2) is 8.90. The third-order valence-corrected chi connectivity index (χ3v) is 3.26. The van der Waals surface area contributed by atoms with Gasteiger partial charge in [0, 0.05) is 22.2 Å². The van der Waals surface area contributed by atoms with Gasteiger partial charge in [0.05, 0.1) is 11.0 Å². The quantitative estimate of drug-likeness (QED) is 0.259. The molecular weight excluding hydrogens is 342 g/mol. The molecule has 0 unspecified atom stereocenters. The largest absolute Gasteiger partial charge is 0.487 e. The van der Waals surface area contributed by atoms with E-state index >= 15 is 0 Å². The number of nitrogens with one attached hydrogen (secondary N) is 1. The molecule has 26 heavy (non-hydrogen) atoms. The van der Waals surface area contributed by atoms with E-state index in [1.54, 1.807) is 12.1 Å². The highest BCUT2D eigenvalue weighted by Crippen LogP contribution is 2.26. The summed E-state index contributed by atoms with van der Waals surface area (Å²) in [6, 6.07) is 11.0. The second-order valence-corrected chi connectivity index (χ2v) is 5.12. The van der Waals surface area contributed by atoms with Crippen LogP contribution >= 0.6 is 0 Å². The van der Waals surface area contributed by atoms with Crippen LogP contribution in [0.15, 0.2) is 47.6 Å². The van der Waals surface area contributed by atoms with Crippen LogP contribution in [0, 0.1) is 17.0 Å². The number of aryl methyl sites for hydroxylation is 1. The van der Waals surface area contributed by atoms with E-state index in [0.717, 1.165) is 5.56 Å². The van der Waals surface area contributed by atoms with Crippen molar-refractivity contribution in [1.29, 1.82) is 0 Å². The smallest absolute Gasteiger partial charge is 0.411 e. The Balaban J connectivity index is 2.04. The Kier molecular flexibility index (Phi) is 6.35. The van der Waals surface area contributed by atoms with Crippen molar-refractivity contribution in [3.63, 3.8) is 0 Å². The Hall–Kier alpha value is -3.78. The van der Waals surface area contributed by atoms with Crippen molar-refractivity contribution in [2.75, 3.05) is 12.0 Å². The van der Waals surface area contributed by atoms with Gasteiger partial charge in [-0.15, -0.1) is 0 Å². The van der Waals surface area contributed by atoms with Gasteiger partial charge in [-0.05, 0) is 30.7 Å². The van der Waals surface area contributed by atoms with E-state index in [4.69, 9.17) is 15.0 Å². The van der Waals surface area contributed by atoms with Gasteiger partial charge in [-0.2, -0.15) is 0 Å². The first-order valence-corrected chi connectivity index (χ1v) is 7.41. The number of amides is 1. The lowest BCUT2D eigenvalue weighted by atomic mass is 10.2. The van der Waals surface area contributed by atoms with Crippen LogP contribution in [0.3, 0.4) is 0 Å². The fraction of sp³-hybridized carbons (Fsp3) is 0.188. The number of benzene rings is 2. The molecule has 134 valence electrons. The zero-order valence-corrected chi connectivity index (χ0v) is 13.8. The molecular formula is C16H15N5O5. The topological polar surface area (TPSA) is 139 Å². The molecule has 2 aromatic rings. The molecule has 1 N–H and O–H groups in total. The Bertz CT molecular complexity index is 847. The minimum atomic E-state index is -0.687. The van der Waals surface area contributed by atoms with Crippen molar-refractivity contribution in [2.45, 2.75) is 13.5 Å². The third-order valence-electron chi connectivity index (χ3n) is 3.26. The first-order valence-electron chi connectivity index (χ1n) is 7.41. The number of nitro groups is 1. The van der Waals surface area contributed by atoms with Gasteiger partial charge in [0.1, 0.15) is 12.4 Å². The van der Waals surface area contributed by atoms with Gasteiger partial charge in [-0.3, -0.25) is 15.4 Å². The number of nitro benzene ring substituents is 1. The summed E-state index contributed by atoms with van der Waals surface area (Å²) in [5.41, 5.74) is 10.1. The molecule has 0 saturated carbocycles. The number of azide groups is 1. The number of hydrogen-bond acceptors (Lipinski definition) is 6. The number of ether oxygens (including phenoxy) is 2. The maximum atomic E-state index is 11.9. The second-order valence-electron chi connectivity index (χ2n) is 5.12. The van der Waals surface area contributed by atoms with Crippen molar-refractivity contribution >= 4 is 17.5 Å². The Labute approximate surface area is 148 Å². The fourth-order valence-electron chi connectivity index (χ4n) is 1.97. The van der Waals surface area contributed by atoms with E-state index in [0.29, 0.717) is 11.3 Å². The molecule has 10 nitrogen and oxygen atoms in total. The van der Waals surface area contributed by atoms with Crippen molar-refractivity contribution in [3.8, 4) is 5.75 Å². The Morgan fingerprint density at radius 1 is 1.31 bits per heavy atom. The molecule has 0 bridgehead atoms. The summed E-state index contributed by atoms with van der Waals surface area (Å²) in [5.74, 6) is 0.0923. The minimum absolute atomic E-state index is 0.0923. The number of rotatable bonds is 7. The lowest BCUT2D eigenvalue weighted by Crippen LogP contribution is -2.14. The van der Waals surface area contributed by atoms with Crippen molar-refractivity contribution in [3.05, 3.63) is 74.1 Å². The summed E-state index contributed by atoms with van der Waals surface area (Å²) in [4.78, 5) is 24.7. The Morgan fingerprint density at radius 3 is 2.69 bits per heavy atom. The summed E-state index contributed by atoms with van der Waals surface area (Å²) in [5, 5.41) is 16.6. The van der Waals surface area contributed by atoms with E-state index in [2.05, 4.69) is 15.3 Å². The number of carbonyl (C=O) groups excluding carboxylic acids is 1. The highest BCUT2D eigenvalue weighted by molar-refractivity contribution is 5.84. The molecule has 10 heteroatoms. The lowest BCUT2D eigenvalue weighted by molar-refractivity contribution is -0.385. The molecule has 0 fully saturated rings. The van der Waals surface area contributed by atoms with E-state index < -0.39 is 11.0 Å². The van der Waals surface area contributed by atoms with Crippen LogP contribution in [0.5, 0.6) is 5.75 Å². The molecule has 0 radical (unpaired) electrons. The third kappa shape index (κ3) is 5.39. The van der Waals surface area contributed by atoms with Crippen molar-refractivity contribution in [2.24, 2.45) is 5.11 Å². The average molecular weight is 357 g/mol. The normalized spacial score (nSPS) is 9.73. The van der Waals surface area contributed by atoms with Crippen LogP contribution in [0.2, 0.25) is 0 Å². The molecule has 2 aromatic carbocycles. The molecule has 0 heterocycles. The summed E-state index contributed by atoms with van der Waals surface area (Å²) >= 11 is 0. The van der Waals surface area contributed by atoms with Crippen LogP contribution in [-0.2, 0) is 11.3 Å². The number of carbonyl (C=O) groups is 1. The predicted molar refractivity (Wildman–Crippen MR) is 92.7 cm³/mol. The van der Waals surface area contributed by atoms with Gasteiger partial charge in [0.2, 0.25) is 0 Å². The van der Waals surface area contributed by atoms with Crippen LogP contribution in [-0.4, -0.2) is 17.7 Å². The number of anilines is 1. The zero-order valence-electron chi connectivity index (χ0n) is 13.8. The molecule has 1 amide bonds. The molecule has 0 aliphatic heterocycles. The van der Waals surface area contributed by atoms with Gasteiger partial charge >= 0.3 is 6.09 Å². The van der Waals surface area contributed by atoms with Crippen LogP contribution in [0.1, 0.15) is 11.1 Å². The van der Waals surface area contributed by atoms with E-state index in [1.807, 2.05) is 19.1 Å². The van der Waals surface area contributed by atoms with Gasteiger partial charge in [0.25, 0.3) is 5.69 Å². The van der Waals surface area contributed by atoms with Crippen molar-refractivity contribution < 1.29 is 19.2 Å². The zero-order chi connectivity index (χ0) is 18.9. The summed E-state index contributed by atoms with van der Waals surface area (Å²) in [7, 11) is 0. The van der Waals surface area contributed by atoms with Gasteiger partial charge in [0.15, 0.2) is 6.73 Å². The average Bonchev–Trinajstić information content (AvgIpc) is 2.62. The summed E-state index contributed by atoms with van der Waals surface area (Å²) in [6.45, 7) is 1.40. The van der Waals surface area contributed by atoms with E-state index in [1.165, 1.54) is 18.2 Å². The highest BCUT2D eigenvalue weighted by atomic mass is 16.6. The molecule has 0 spiro atoms. The molecule has 0 aliphatic carbocycles. The van der Waals surface area contributed by atoms with Crippen LogP contribution in [0.25, 0.3) is 10.4 Å². The van der Waals surface area contributed by atoms with Crippen LogP contribution < -0.4 is 10.1 Å². The SMILES string of the molecule is Cc1ccc(NC(=O)OCc2ccc([N+](=O)[O-])cc2OCN=[N+]=[N-])cc1. The number of non-ortho nitro benzene ring substituents is 1. The van der Waals surface area contributed by atoms with Crippen molar-refractivity contribution in [1.82, 2.24) is 0 Å². The van der Waals surface area contributed by atoms with E-state index in [9.17, 15) is 14.9 Å². The molecule has 0 atom stereocenters. The first kappa shape index (κ1) is 18.6. The van der Waals surface area contributed by atoms with E-state index in [-0.39, 0.29) is 24.8 Å². The molecule has 2 rings (SSSR count). The monoisotopic (exact) mass is 357 g/mol. The predicted octanol–water partition coefficient (Wildman–Crippen LogP) is 4.30. The number of hydrogen-bond donors (Lipinski definition) is 1. The van der Waals surface area contributed by atoms with Gasteiger partial charge in [-0.1, -0.05) is 22.8 Å².